The molecule has 3 atom stereocenters. The summed E-state index contributed by atoms with van der Waals surface area (Å²) in [6.07, 6.45) is 1.67. The van der Waals surface area contributed by atoms with Crippen molar-refractivity contribution in [1.82, 2.24) is 9.88 Å². The minimum atomic E-state index is -0.00913. The van der Waals surface area contributed by atoms with E-state index >= 15 is 0 Å². The second-order valence-corrected chi connectivity index (χ2v) is 6.60. The van der Waals surface area contributed by atoms with Gasteiger partial charge in [-0.2, -0.15) is 0 Å². The van der Waals surface area contributed by atoms with Gasteiger partial charge in [0.15, 0.2) is 0 Å². The number of aliphatic hydroxyl groups excluding tert-OH is 1. The number of hydrogen-bond acceptors (Lipinski definition) is 4. The van der Waals surface area contributed by atoms with Gasteiger partial charge in [-0.3, -0.25) is 4.79 Å². The number of aromatic amines is 1. The molecule has 1 aliphatic heterocycles. The van der Waals surface area contributed by atoms with Gasteiger partial charge in [0.1, 0.15) is 11.4 Å². The van der Waals surface area contributed by atoms with Gasteiger partial charge in [-0.1, -0.05) is 6.07 Å². The lowest BCUT2D eigenvalue weighted by Crippen LogP contribution is -2.51. The molecule has 0 unspecified atom stereocenters. The number of carbonyl (C=O) groups excluding carboxylic acids is 1. The van der Waals surface area contributed by atoms with E-state index in [-0.39, 0.29) is 30.6 Å². The summed E-state index contributed by atoms with van der Waals surface area (Å²) in [5, 5.41) is 10.3. The number of ether oxygens (including phenoxy) is 2. The van der Waals surface area contributed by atoms with Crippen molar-refractivity contribution in [2.24, 2.45) is 5.92 Å². The Morgan fingerprint density at radius 1 is 1.46 bits per heavy atom. The zero-order chi connectivity index (χ0) is 16.7. The van der Waals surface area contributed by atoms with Crippen LogP contribution in [0.15, 0.2) is 24.3 Å². The average Bonchev–Trinajstić information content (AvgIpc) is 3.23. The maximum absolute atomic E-state index is 13.0. The van der Waals surface area contributed by atoms with Crippen molar-refractivity contribution in [3.8, 4) is 5.75 Å². The number of nitrogens with zero attached hydrogens (tertiary/aromatic N) is 1. The third kappa shape index (κ3) is 2.46. The molecule has 0 bridgehead atoms. The van der Waals surface area contributed by atoms with E-state index in [2.05, 4.69) is 4.98 Å². The first-order valence-corrected chi connectivity index (χ1v) is 8.40. The van der Waals surface area contributed by atoms with Crippen LogP contribution >= 0.6 is 0 Å². The van der Waals surface area contributed by atoms with Crippen molar-refractivity contribution >= 4 is 16.8 Å². The summed E-state index contributed by atoms with van der Waals surface area (Å²) in [4.78, 5) is 18.2. The van der Waals surface area contributed by atoms with Crippen LogP contribution in [0.5, 0.6) is 5.75 Å². The molecule has 1 aromatic carbocycles. The molecule has 6 nitrogen and oxygen atoms in total. The van der Waals surface area contributed by atoms with E-state index in [4.69, 9.17) is 9.47 Å². The predicted octanol–water partition coefficient (Wildman–Crippen LogP) is 1.79. The minimum Gasteiger partial charge on any atom is -0.496 e. The Hall–Kier alpha value is -2.05. The highest BCUT2D eigenvalue weighted by atomic mass is 16.5. The lowest BCUT2D eigenvalue weighted by molar-refractivity contribution is -0.0450. The smallest absolute Gasteiger partial charge is 0.270 e. The molecule has 2 N–H and O–H groups in total. The van der Waals surface area contributed by atoms with Crippen LogP contribution in [0.2, 0.25) is 0 Å². The molecule has 0 radical (unpaired) electrons. The van der Waals surface area contributed by atoms with E-state index in [1.54, 1.807) is 7.11 Å². The van der Waals surface area contributed by atoms with Gasteiger partial charge in [0.2, 0.25) is 0 Å². The van der Waals surface area contributed by atoms with Crippen molar-refractivity contribution < 1.29 is 19.4 Å². The number of fused-ring (bicyclic) bond motifs is 2. The summed E-state index contributed by atoms with van der Waals surface area (Å²) in [7, 11) is 1.63. The molecule has 2 fully saturated rings. The highest BCUT2D eigenvalue weighted by Crippen LogP contribution is 2.35. The number of carbonyl (C=O) groups is 1. The van der Waals surface area contributed by atoms with Crippen LogP contribution in [0, 0.1) is 5.92 Å². The summed E-state index contributed by atoms with van der Waals surface area (Å²) in [5.41, 5.74) is 1.46. The summed E-state index contributed by atoms with van der Waals surface area (Å²) < 4.78 is 11.2. The number of rotatable bonds is 3. The van der Waals surface area contributed by atoms with E-state index in [1.165, 1.54) is 0 Å². The molecule has 1 aliphatic carbocycles. The average molecular weight is 330 g/mol. The summed E-state index contributed by atoms with van der Waals surface area (Å²) in [6.45, 7) is 1.29. The zero-order valence-corrected chi connectivity index (χ0v) is 13.7. The van der Waals surface area contributed by atoms with Gasteiger partial charge in [0, 0.05) is 24.1 Å². The van der Waals surface area contributed by atoms with Gasteiger partial charge in [-0.15, -0.1) is 0 Å². The first-order valence-electron chi connectivity index (χ1n) is 8.40. The molecule has 0 spiro atoms. The fraction of sp³-hybridized carbons (Fsp3) is 0.500. The number of nitrogens with one attached hydrogen (secondary N) is 1. The third-order valence-electron chi connectivity index (χ3n) is 5.23. The van der Waals surface area contributed by atoms with E-state index in [9.17, 15) is 9.90 Å². The highest BCUT2D eigenvalue weighted by molar-refractivity contribution is 5.99. The SMILES string of the molecule is COc1cccc2[nH]c(C(=O)N3CCO[C@H]4C[C@H](CO)C[C@@H]43)cc12. The number of aliphatic hydroxyl groups is 1. The fourth-order valence-corrected chi connectivity index (χ4v) is 4.03. The summed E-state index contributed by atoms with van der Waals surface area (Å²) in [6, 6.07) is 7.64. The highest BCUT2D eigenvalue weighted by Gasteiger charge is 2.43. The van der Waals surface area contributed by atoms with Crippen LogP contribution in [0.1, 0.15) is 23.3 Å². The number of aromatic nitrogens is 1. The van der Waals surface area contributed by atoms with Gasteiger partial charge in [-0.05, 0) is 37.0 Å². The molecular weight excluding hydrogens is 308 g/mol. The number of H-pyrrole nitrogens is 1. The van der Waals surface area contributed by atoms with Gasteiger partial charge in [0.25, 0.3) is 5.91 Å². The monoisotopic (exact) mass is 330 g/mol. The molecule has 128 valence electrons. The largest absolute Gasteiger partial charge is 0.496 e. The Bertz CT molecular complexity index is 757. The Labute approximate surface area is 140 Å². The van der Waals surface area contributed by atoms with Crippen molar-refractivity contribution in [2.45, 2.75) is 25.0 Å². The zero-order valence-electron chi connectivity index (χ0n) is 13.7. The molecule has 4 rings (SSSR count). The number of morpholine rings is 1. The third-order valence-corrected chi connectivity index (χ3v) is 5.23. The van der Waals surface area contributed by atoms with Crippen LogP contribution in [-0.2, 0) is 4.74 Å². The molecule has 6 heteroatoms. The standard InChI is InChI=1S/C18H22N2O4/c1-23-16-4-2-3-13-12(16)9-14(19-13)18(22)20-5-6-24-17-8-11(10-21)7-15(17)20/h2-4,9,11,15,17,19,21H,5-8,10H2,1H3/t11-,15+,17+/m1/s1. The number of methoxy groups -OCH3 is 1. The topological polar surface area (TPSA) is 74.8 Å². The normalized spacial score (nSPS) is 26.6. The fourth-order valence-electron chi connectivity index (χ4n) is 4.03. The predicted molar refractivity (Wildman–Crippen MR) is 89.2 cm³/mol. The van der Waals surface area contributed by atoms with E-state index in [0.717, 1.165) is 29.5 Å². The number of hydrogen-bond donors (Lipinski definition) is 2. The summed E-state index contributed by atoms with van der Waals surface area (Å²) in [5.74, 6) is 0.963. The molecule has 2 heterocycles. The van der Waals surface area contributed by atoms with Crippen LogP contribution in [0.4, 0.5) is 0 Å². The van der Waals surface area contributed by atoms with Gasteiger partial charge in [0.05, 0.1) is 25.9 Å². The second kappa shape index (κ2) is 6.11. The Morgan fingerprint density at radius 2 is 2.33 bits per heavy atom. The van der Waals surface area contributed by atoms with Gasteiger partial charge >= 0.3 is 0 Å². The van der Waals surface area contributed by atoms with Crippen LogP contribution in [0.3, 0.4) is 0 Å². The lowest BCUT2D eigenvalue weighted by atomic mass is 10.1. The number of benzene rings is 1. The minimum absolute atomic E-state index is 0.00913. The Kier molecular flexibility index (Phi) is 3.94. The van der Waals surface area contributed by atoms with Crippen molar-refractivity contribution in [3.05, 3.63) is 30.0 Å². The first-order chi connectivity index (χ1) is 11.7. The second-order valence-electron chi connectivity index (χ2n) is 6.60. The Morgan fingerprint density at radius 3 is 3.12 bits per heavy atom. The van der Waals surface area contributed by atoms with Crippen LogP contribution in [-0.4, -0.2) is 59.9 Å². The van der Waals surface area contributed by atoms with Gasteiger partial charge < -0.3 is 24.5 Å². The summed E-state index contributed by atoms with van der Waals surface area (Å²) >= 11 is 0. The van der Waals surface area contributed by atoms with E-state index in [1.807, 2.05) is 29.2 Å². The molecular formula is C18H22N2O4. The maximum Gasteiger partial charge on any atom is 0.270 e. The molecule has 1 aromatic heterocycles. The van der Waals surface area contributed by atoms with E-state index < -0.39 is 0 Å². The molecule has 2 aromatic rings. The molecule has 24 heavy (non-hydrogen) atoms. The van der Waals surface area contributed by atoms with Gasteiger partial charge in [-0.25, -0.2) is 0 Å². The van der Waals surface area contributed by atoms with E-state index in [0.29, 0.717) is 18.8 Å². The molecule has 1 saturated carbocycles. The molecule has 1 amide bonds. The lowest BCUT2D eigenvalue weighted by Gasteiger charge is -2.37. The van der Waals surface area contributed by atoms with Crippen molar-refractivity contribution in [1.29, 1.82) is 0 Å². The Balaban J connectivity index is 1.63. The van der Waals surface area contributed by atoms with Crippen molar-refractivity contribution in [3.63, 3.8) is 0 Å². The quantitative estimate of drug-likeness (QED) is 0.900. The van der Waals surface area contributed by atoms with Crippen LogP contribution < -0.4 is 4.74 Å². The molecule has 1 saturated heterocycles. The van der Waals surface area contributed by atoms with Crippen molar-refractivity contribution in [2.75, 3.05) is 26.9 Å². The first kappa shape index (κ1) is 15.5. The number of amides is 1. The van der Waals surface area contributed by atoms with Crippen LogP contribution in [0.25, 0.3) is 10.9 Å². The molecule has 2 aliphatic rings. The maximum atomic E-state index is 13.0.